The van der Waals surface area contributed by atoms with Gasteiger partial charge in [-0.1, -0.05) is 18.2 Å². The van der Waals surface area contributed by atoms with Gasteiger partial charge in [-0.2, -0.15) is 0 Å². The van der Waals surface area contributed by atoms with E-state index in [9.17, 15) is 4.79 Å². The fourth-order valence-electron chi connectivity index (χ4n) is 2.50. The lowest BCUT2D eigenvalue weighted by atomic mass is 10.1. The van der Waals surface area contributed by atoms with Gasteiger partial charge >= 0.3 is 6.03 Å². The van der Waals surface area contributed by atoms with Crippen LogP contribution in [-0.4, -0.2) is 35.7 Å². The molecule has 0 bridgehead atoms. The highest BCUT2D eigenvalue weighted by molar-refractivity contribution is 5.88. The molecule has 1 saturated heterocycles. The summed E-state index contributed by atoms with van der Waals surface area (Å²) >= 11 is 0. The molecular weight excluding hydrogens is 282 g/mol. The van der Waals surface area contributed by atoms with Crippen LogP contribution in [0.25, 0.3) is 0 Å². The maximum atomic E-state index is 11.1. The number of benzene rings is 1. The number of anilines is 2. The lowest BCUT2D eigenvalue weighted by molar-refractivity contribution is 0.0397. The monoisotopic (exact) mass is 299 g/mol. The third-order valence-corrected chi connectivity index (χ3v) is 3.47. The molecule has 1 unspecified atom stereocenters. The smallest absolute Gasteiger partial charge is 0.316 e. The van der Waals surface area contributed by atoms with Gasteiger partial charge in [0.15, 0.2) is 0 Å². The molecule has 2 heterocycles. The second-order valence-electron chi connectivity index (χ2n) is 4.93. The fraction of sp³-hybridized carbons (Fsp3) is 0.267. The molecule has 1 aliphatic heterocycles. The number of rotatable bonds is 3. The normalized spacial score (nSPS) is 18.0. The highest BCUT2D eigenvalue weighted by atomic mass is 16.5. The first-order valence-electron chi connectivity index (χ1n) is 7.03. The van der Waals surface area contributed by atoms with Crippen LogP contribution in [-0.2, 0) is 4.74 Å². The van der Waals surface area contributed by atoms with Crippen LogP contribution in [0, 0.1) is 0 Å². The number of carbonyl (C=O) groups excluding carboxylic acids is 1. The molecule has 0 aliphatic carbocycles. The number of morpholine rings is 1. The number of nitrogens with one attached hydrogen (secondary N) is 1. The molecule has 22 heavy (non-hydrogen) atoms. The number of aromatic nitrogens is 2. The van der Waals surface area contributed by atoms with Crippen molar-refractivity contribution in [2.45, 2.75) is 6.10 Å². The molecule has 3 rings (SSSR count). The van der Waals surface area contributed by atoms with Gasteiger partial charge in [-0.15, -0.1) is 0 Å². The summed E-state index contributed by atoms with van der Waals surface area (Å²) in [6.07, 6.45) is 3.26. The molecule has 1 aromatic carbocycles. The van der Waals surface area contributed by atoms with Crippen LogP contribution in [0.3, 0.4) is 0 Å². The Morgan fingerprint density at radius 2 is 2.05 bits per heavy atom. The average molecular weight is 299 g/mol. The van der Waals surface area contributed by atoms with Gasteiger partial charge in [-0.25, -0.2) is 14.8 Å². The summed E-state index contributed by atoms with van der Waals surface area (Å²) in [7, 11) is 0. The van der Waals surface area contributed by atoms with Gasteiger partial charge in [0, 0.05) is 30.2 Å². The van der Waals surface area contributed by atoms with Crippen LogP contribution in [0.2, 0.25) is 0 Å². The van der Waals surface area contributed by atoms with Crippen molar-refractivity contribution in [2.75, 3.05) is 29.9 Å². The summed E-state index contributed by atoms with van der Waals surface area (Å²) in [5.74, 6) is 0.677. The molecule has 114 valence electrons. The van der Waals surface area contributed by atoms with E-state index in [2.05, 4.69) is 20.2 Å². The number of ether oxygens (including phenoxy) is 1. The molecule has 3 N–H and O–H groups in total. The van der Waals surface area contributed by atoms with Crippen molar-refractivity contribution in [2.24, 2.45) is 5.73 Å². The molecular formula is C15H17N5O2. The molecule has 7 nitrogen and oxygen atoms in total. The van der Waals surface area contributed by atoms with E-state index in [4.69, 9.17) is 10.5 Å². The molecule has 1 aromatic heterocycles. The third-order valence-electron chi connectivity index (χ3n) is 3.47. The number of para-hydroxylation sites is 1. The van der Waals surface area contributed by atoms with E-state index in [-0.39, 0.29) is 6.10 Å². The first-order valence-corrected chi connectivity index (χ1v) is 7.03. The zero-order chi connectivity index (χ0) is 15.4. The highest BCUT2D eigenvalue weighted by Crippen LogP contribution is 2.29. The number of urea groups is 1. The summed E-state index contributed by atoms with van der Waals surface area (Å²) in [5.41, 5.74) is 6.77. The third kappa shape index (κ3) is 3.15. The number of hydrogen-bond acceptors (Lipinski definition) is 5. The maximum absolute atomic E-state index is 11.1. The molecule has 1 atom stereocenters. The Morgan fingerprint density at radius 1 is 1.27 bits per heavy atom. The fourth-order valence-corrected chi connectivity index (χ4v) is 2.50. The van der Waals surface area contributed by atoms with E-state index in [0.29, 0.717) is 24.8 Å². The highest BCUT2D eigenvalue weighted by Gasteiger charge is 2.25. The molecule has 2 aromatic rings. The van der Waals surface area contributed by atoms with Gasteiger partial charge in [-0.05, 0) is 12.1 Å². The quantitative estimate of drug-likeness (QED) is 0.896. The summed E-state index contributed by atoms with van der Waals surface area (Å²) in [6, 6.07) is 8.67. The molecule has 0 spiro atoms. The molecule has 1 fully saturated rings. The van der Waals surface area contributed by atoms with Crippen LogP contribution in [0.15, 0.2) is 42.7 Å². The number of nitrogens with zero attached hydrogens (tertiary/aromatic N) is 3. The molecule has 1 aliphatic rings. The zero-order valence-corrected chi connectivity index (χ0v) is 12.0. The minimum Gasteiger partial charge on any atom is -0.370 e. The topological polar surface area (TPSA) is 93.4 Å². The Kier molecular flexibility index (Phi) is 4.15. The van der Waals surface area contributed by atoms with Crippen molar-refractivity contribution in [3.63, 3.8) is 0 Å². The second-order valence-corrected chi connectivity index (χ2v) is 4.93. The number of nitrogens with two attached hydrogens (primary N) is 1. The Labute approximate surface area is 128 Å². The number of primary amides is 1. The maximum Gasteiger partial charge on any atom is 0.316 e. The van der Waals surface area contributed by atoms with Crippen LogP contribution >= 0.6 is 0 Å². The lowest BCUT2D eigenvalue weighted by Gasteiger charge is -2.33. The number of carbonyl (C=O) groups is 1. The Bertz CT molecular complexity index is 649. The Balaban J connectivity index is 1.82. The molecule has 0 radical (unpaired) electrons. The van der Waals surface area contributed by atoms with E-state index < -0.39 is 6.03 Å². The van der Waals surface area contributed by atoms with E-state index in [1.54, 1.807) is 24.5 Å². The van der Waals surface area contributed by atoms with E-state index >= 15 is 0 Å². The largest absolute Gasteiger partial charge is 0.370 e. The number of amides is 2. The summed E-state index contributed by atoms with van der Waals surface area (Å²) in [5, 5.41) is 2.63. The first-order chi connectivity index (χ1) is 10.7. The van der Waals surface area contributed by atoms with Crippen molar-refractivity contribution < 1.29 is 9.53 Å². The average Bonchev–Trinajstić information content (AvgIpc) is 2.56. The summed E-state index contributed by atoms with van der Waals surface area (Å²) < 4.78 is 5.85. The van der Waals surface area contributed by atoms with E-state index in [1.165, 1.54) is 0 Å². The minimum atomic E-state index is -0.591. The Hall–Kier alpha value is -2.67. The van der Waals surface area contributed by atoms with Gasteiger partial charge < -0.3 is 20.7 Å². The molecule has 7 heteroatoms. The summed E-state index contributed by atoms with van der Waals surface area (Å²) in [4.78, 5) is 21.7. The van der Waals surface area contributed by atoms with Gasteiger partial charge in [-0.3, -0.25) is 0 Å². The van der Waals surface area contributed by atoms with Crippen LogP contribution in [0.1, 0.15) is 11.7 Å². The van der Waals surface area contributed by atoms with Gasteiger partial charge in [0.2, 0.25) is 5.95 Å². The van der Waals surface area contributed by atoms with Crippen LogP contribution in [0.4, 0.5) is 16.4 Å². The predicted octanol–water partition coefficient (Wildman–Crippen LogP) is 1.55. The van der Waals surface area contributed by atoms with Crippen molar-refractivity contribution in [1.82, 2.24) is 9.97 Å². The van der Waals surface area contributed by atoms with Crippen LogP contribution in [0.5, 0.6) is 0 Å². The van der Waals surface area contributed by atoms with Crippen LogP contribution < -0.4 is 16.0 Å². The lowest BCUT2D eigenvalue weighted by Crippen LogP contribution is -2.39. The Morgan fingerprint density at radius 3 is 2.82 bits per heavy atom. The molecule has 2 amide bonds. The SMILES string of the molecule is NC(=O)Nc1ccccc1C1CN(c2ncccn2)CCO1. The van der Waals surface area contributed by atoms with Crippen molar-refractivity contribution >= 4 is 17.7 Å². The van der Waals surface area contributed by atoms with Gasteiger partial charge in [0.05, 0.1) is 13.2 Å². The minimum absolute atomic E-state index is 0.180. The van der Waals surface area contributed by atoms with E-state index in [0.717, 1.165) is 12.1 Å². The van der Waals surface area contributed by atoms with Crippen molar-refractivity contribution in [1.29, 1.82) is 0 Å². The number of hydrogen-bond donors (Lipinski definition) is 2. The predicted molar refractivity (Wildman–Crippen MR) is 82.6 cm³/mol. The summed E-state index contributed by atoms with van der Waals surface area (Å²) in [6.45, 7) is 1.90. The van der Waals surface area contributed by atoms with Crippen molar-refractivity contribution in [3.05, 3.63) is 48.3 Å². The van der Waals surface area contributed by atoms with Gasteiger partial charge in [0.25, 0.3) is 0 Å². The van der Waals surface area contributed by atoms with Crippen molar-refractivity contribution in [3.8, 4) is 0 Å². The molecule has 0 saturated carbocycles. The van der Waals surface area contributed by atoms with E-state index in [1.807, 2.05) is 18.2 Å². The standard InChI is InChI=1S/C15H17N5O2/c16-14(21)19-12-5-2-1-4-11(12)13-10-20(8-9-22-13)15-17-6-3-7-18-15/h1-7,13H,8-10H2,(H3,16,19,21). The first kappa shape index (κ1) is 14.3. The second kappa shape index (κ2) is 6.40. The zero-order valence-electron chi connectivity index (χ0n) is 12.0. The van der Waals surface area contributed by atoms with Gasteiger partial charge in [0.1, 0.15) is 6.10 Å².